The van der Waals surface area contributed by atoms with E-state index in [0.717, 1.165) is 17.5 Å². The van der Waals surface area contributed by atoms with Crippen molar-refractivity contribution in [3.63, 3.8) is 0 Å². The Morgan fingerprint density at radius 2 is 1.50 bits per heavy atom. The number of fused-ring (bicyclic) bond motifs is 2. The smallest absolute Gasteiger partial charge is 0.277 e. The molecule has 0 spiro atoms. The zero-order valence-corrected chi connectivity index (χ0v) is 17.3. The molecule has 0 aliphatic carbocycles. The molecule has 32 heavy (non-hydrogen) atoms. The van der Waals surface area contributed by atoms with Gasteiger partial charge in [-0.05, 0) is 17.5 Å². The number of carbonyl (C=O) groups is 2. The van der Waals surface area contributed by atoms with Gasteiger partial charge in [-0.3, -0.25) is 14.8 Å². The Kier molecular flexibility index (Phi) is 5.28. The molecule has 8 nitrogen and oxygen atoms in total. The molecular weight excluding hydrogens is 406 g/mol. The van der Waals surface area contributed by atoms with Crippen molar-refractivity contribution in [3.05, 3.63) is 89.7 Å². The van der Waals surface area contributed by atoms with Gasteiger partial charge < -0.3 is 9.80 Å². The second-order valence-electron chi connectivity index (χ2n) is 8.15. The fourth-order valence-corrected chi connectivity index (χ4v) is 4.77. The predicted molar refractivity (Wildman–Crippen MR) is 117 cm³/mol. The maximum atomic E-state index is 13.7. The van der Waals surface area contributed by atoms with Crippen LogP contribution < -0.4 is 10.4 Å². The summed E-state index contributed by atoms with van der Waals surface area (Å²) in [6.07, 6.45) is 3.65. The summed E-state index contributed by atoms with van der Waals surface area (Å²) in [5, 5.41) is 8.74. The second-order valence-corrected chi connectivity index (χ2v) is 8.15. The molecule has 0 radical (unpaired) electrons. The number of hydrogen-bond acceptors (Lipinski definition) is 6. The van der Waals surface area contributed by atoms with Gasteiger partial charge in [0.05, 0.1) is 23.6 Å². The van der Waals surface area contributed by atoms with E-state index in [4.69, 9.17) is 5.21 Å². The number of hydroxylamine groups is 1. The summed E-state index contributed by atoms with van der Waals surface area (Å²) >= 11 is 0. The molecule has 2 amide bonds. The van der Waals surface area contributed by atoms with Gasteiger partial charge in [0.1, 0.15) is 0 Å². The Balaban J connectivity index is 1.35. The van der Waals surface area contributed by atoms with Gasteiger partial charge in [0.2, 0.25) is 11.9 Å². The minimum atomic E-state index is -0.649. The van der Waals surface area contributed by atoms with Crippen molar-refractivity contribution >= 4 is 17.8 Å². The first-order valence-corrected chi connectivity index (χ1v) is 10.6. The van der Waals surface area contributed by atoms with E-state index in [9.17, 15) is 9.59 Å². The van der Waals surface area contributed by atoms with Gasteiger partial charge in [0.25, 0.3) is 5.91 Å². The van der Waals surface area contributed by atoms with Crippen LogP contribution in [0.1, 0.15) is 33.8 Å². The Bertz CT molecular complexity index is 1070. The summed E-state index contributed by atoms with van der Waals surface area (Å²) in [7, 11) is 0. The van der Waals surface area contributed by atoms with Crippen molar-refractivity contribution in [3.8, 4) is 0 Å². The molecule has 1 aromatic heterocycles. The number of nitrogens with zero attached hydrogens (tertiary/aromatic N) is 4. The third-order valence-electron chi connectivity index (χ3n) is 6.30. The van der Waals surface area contributed by atoms with Crippen LogP contribution in [0.2, 0.25) is 0 Å². The van der Waals surface area contributed by atoms with Crippen molar-refractivity contribution in [2.45, 2.75) is 24.4 Å². The Morgan fingerprint density at radius 3 is 2.00 bits per heavy atom. The maximum absolute atomic E-state index is 13.7. The normalized spacial score (nSPS) is 19.4. The lowest BCUT2D eigenvalue weighted by atomic mass is 9.89. The molecule has 2 fully saturated rings. The number of piperazine rings is 1. The van der Waals surface area contributed by atoms with Crippen molar-refractivity contribution in [2.75, 3.05) is 18.0 Å². The monoisotopic (exact) mass is 429 g/mol. The first kappa shape index (κ1) is 20.1. The number of aromatic nitrogens is 2. The Hall–Kier alpha value is -3.78. The van der Waals surface area contributed by atoms with Gasteiger partial charge in [-0.2, -0.15) is 0 Å². The van der Waals surface area contributed by atoms with Crippen LogP contribution in [0.25, 0.3) is 0 Å². The van der Waals surface area contributed by atoms with Crippen LogP contribution in [0, 0.1) is 0 Å². The minimum Gasteiger partial charge on any atom is -0.335 e. The van der Waals surface area contributed by atoms with E-state index in [1.54, 1.807) is 5.48 Å². The van der Waals surface area contributed by atoms with Crippen molar-refractivity contribution in [1.82, 2.24) is 20.3 Å². The quantitative estimate of drug-likeness (QED) is 0.477. The molecule has 2 saturated heterocycles. The number of nitrogens with one attached hydrogen (secondary N) is 1. The molecule has 5 rings (SSSR count). The van der Waals surface area contributed by atoms with E-state index in [0.29, 0.717) is 19.0 Å². The highest BCUT2D eigenvalue weighted by atomic mass is 16.5. The number of hydrogen-bond donors (Lipinski definition) is 2. The molecule has 3 aromatic rings. The lowest BCUT2D eigenvalue weighted by molar-refractivity contribution is -0.133. The van der Waals surface area contributed by atoms with Crippen molar-refractivity contribution in [2.24, 2.45) is 0 Å². The lowest BCUT2D eigenvalue weighted by Gasteiger charge is -2.36. The molecule has 2 aliphatic heterocycles. The van der Waals surface area contributed by atoms with E-state index in [2.05, 4.69) is 14.9 Å². The number of carbonyl (C=O) groups excluding carboxylic acids is 2. The lowest BCUT2D eigenvalue weighted by Crippen LogP contribution is -2.50. The van der Waals surface area contributed by atoms with E-state index >= 15 is 0 Å². The third-order valence-corrected chi connectivity index (χ3v) is 6.30. The molecular formula is C24H23N5O3. The van der Waals surface area contributed by atoms with E-state index in [1.165, 1.54) is 12.4 Å². The van der Waals surface area contributed by atoms with Crippen molar-refractivity contribution < 1.29 is 14.8 Å². The zero-order chi connectivity index (χ0) is 22.1. The molecule has 8 heteroatoms. The first-order chi connectivity index (χ1) is 15.7. The highest BCUT2D eigenvalue weighted by molar-refractivity contribution is 5.92. The van der Waals surface area contributed by atoms with Crippen LogP contribution in [-0.2, 0) is 4.79 Å². The molecule has 2 atom stereocenters. The average Bonchev–Trinajstić information content (AvgIpc) is 3.46. The molecule has 3 heterocycles. The highest BCUT2D eigenvalue weighted by Crippen LogP contribution is 2.36. The molecule has 0 saturated carbocycles. The number of amides is 2. The van der Waals surface area contributed by atoms with E-state index in [-0.39, 0.29) is 29.5 Å². The van der Waals surface area contributed by atoms with Crippen LogP contribution in [0.3, 0.4) is 0 Å². The van der Waals surface area contributed by atoms with Crippen LogP contribution in [0.5, 0.6) is 0 Å². The molecule has 2 bridgehead atoms. The fourth-order valence-electron chi connectivity index (χ4n) is 4.77. The summed E-state index contributed by atoms with van der Waals surface area (Å²) in [4.78, 5) is 37.9. The van der Waals surface area contributed by atoms with Crippen molar-refractivity contribution in [1.29, 1.82) is 0 Å². The van der Waals surface area contributed by atoms with E-state index in [1.807, 2.05) is 65.6 Å². The van der Waals surface area contributed by atoms with Gasteiger partial charge in [-0.15, -0.1) is 0 Å². The first-order valence-electron chi connectivity index (χ1n) is 10.6. The van der Waals surface area contributed by atoms with Gasteiger partial charge in [-0.25, -0.2) is 15.4 Å². The number of benzene rings is 2. The standard InChI is InChI=1S/C24H23N5O3/c30-22(27-32)18-12-25-24(26-13-18)29-15-19-11-20(29)14-28(19)23(31)21(16-7-3-1-4-8-16)17-9-5-2-6-10-17/h1-10,12-13,19-21,32H,11,14-15H2,(H,27,30)/t19-,20+/m1/s1. The Morgan fingerprint density at radius 1 is 0.906 bits per heavy atom. The molecule has 2 aromatic carbocycles. The largest absolute Gasteiger partial charge is 0.335 e. The van der Waals surface area contributed by atoms with Crippen LogP contribution in [0.15, 0.2) is 73.1 Å². The molecule has 2 N–H and O–H groups in total. The molecule has 162 valence electrons. The number of likely N-dealkylation sites (tertiary alicyclic amines) is 1. The van der Waals surface area contributed by atoms with Gasteiger partial charge in [-0.1, -0.05) is 60.7 Å². The second kappa shape index (κ2) is 8.39. The van der Waals surface area contributed by atoms with Crippen LogP contribution in [-0.4, -0.2) is 57.1 Å². The predicted octanol–water partition coefficient (Wildman–Crippen LogP) is 2.22. The van der Waals surface area contributed by atoms with Crippen LogP contribution in [0.4, 0.5) is 5.95 Å². The fraction of sp³-hybridized carbons (Fsp3) is 0.250. The van der Waals surface area contributed by atoms with Crippen LogP contribution >= 0.6 is 0 Å². The summed E-state index contributed by atoms with van der Waals surface area (Å²) in [5.74, 6) is -0.339. The summed E-state index contributed by atoms with van der Waals surface area (Å²) in [6.45, 7) is 1.26. The van der Waals surface area contributed by atoms with E-state index < -0.39 is 5.91 Å². The third kappa shape index (κ3) is 3.58. The summed E-state index contributed by atoms with van der Waals surface area (Å²) in [5.41, 5.74) is 3.74. The highest BCUT2D eigenvalue weighted by Gasteiger charge is 2.47. The topological polar surface area (TPSA) is 98.7 Å². The number of anilines is 1. The average molecular weight is 429 g/mol. The van der Waals surface area contributed by atoms with Gasteiger partial charge >= 0.3 is 0 Å². The summed E-state index contributed by atoms with van der Waals surface area (Å²) < 4.78 is 0. The number of rotatable bonds is 5. The minimum absolute atomic E-state index is 0.0893. The van der Waals surface area contributed by atoms with Gasteiger partial charge in [0, 0.05) is 25.5 Å². The van der Waals surface area contributed by atoms with Gasteiger partial charge in [0.15, 0.2) is 0 Å². The molecule has 0 unspecified atom stereocenters. The summed E-state index contributed by atoms with van der Waals surface area (Å²) in [6, 6.07) is 20.0. The molecule has 2 aliphatic rings. The maximum Gasteiger partial charge on any atom is 0.277 e. The SMILES string of the molecule is O=C(NO)c1cnc(N2C[C@H]3C[C@H]2CN3C(=O)C(c2ccccc2)c2ccccc2)nc1. The zero-order valence-electron chi connectivity index (χ0n) is 17.3. The Labute approximate surface area is 185 Å².